The molecule has 19 nitrogen and oxygen atoms in total. The number of H-pyrrole nitrogens is 1. The van der Waals surface area contributed by atoms with Gasteiger partial charge in [-0.2, -0.15) is 0 Å². The number of hydrogen-bond acceptors (Lipinski definition) is 11. The molecule has 1 rings (SSSR count). The van der Waals surface area contributed by atoms with Gasteiger partial charge >= 0.3 is 29.8 Å². The number of carbonyl (C=O) groups is 5. The Balaban J connectivity index is -0.000000473. The van der Waals surface area contributed by atoms with Gasteiger partial charge in [-0.1, -0.05) is 20.3 Å². The van der Waals surface area contributed by atoms with E-state index in [9.17, 15) is 24.0 Å². The molecule has 0 aliphatic carbocycles. The zero-order valence-corrected chi connectivity index (χ0v) is 22.9. The average molecular weight is 594 g/mol. The number of nitrogens with one attached hydrogen (secondary N) is 3. The number of nitrogens with zero attached hydrogens (tertiary/aromatic N) is 1. The minimum absolute atomic E-state index is 0.0718. The summed E-state index contributed by atoms with van der Waals surface area (Å²) in [6.07, 6.45) is 4.64. The summed E-state index contributed by atoms with van der Waals surface area (Å²) in [4.78, 5) is 56.8. The monoisotopic (exact) mass is 593 g/mol. The first-order chi connectivity index (χ1) is 18.9. The smallest absolute Gasteiger partial charge is 0.321 e. The van der Waals surface area contributed by atoms with E-state index in [4.69, 9.17) is 59.6 Å². The van der Waals surface area contributed by atoms with Crippen LogP contribution >= 0.6 is 0 Å². The summed E-state index contributed by atoms with van der Waals surface area (Å²) in [7, 11) is 0. The molecule has 0 radical (unpaired) electrons. The molecule has 0 bridgehead atoms. The van der Waals surface area contributed by atoms with E-state index in [1.54, 1.807) is 6.20 Å². The van der Waals surface area contributed by atoms with Crippen LogP contribution in [-0.4, -0.2) is 102 Å². The van der Waals surface area contributed by atoms with Crippen molar-refractivity contribution in [3.8, 4) is 0 Å². The minimum atomic E-state index is -1.29. The van der Waals surface area contributed by atoms with Crippen LogP contribution in [0.1, 0.15) is 45.2 Å². The zero-order chi connectivity index (χ0) is 32.7. The molecule has 0 spiro atoms. The van der Waals surface area contributed by atoms with Gasteiger partial charge in [-0.25, -0.2) is 4.98 Å². The van der Waals surface area contributed by atoms with Crippen molar-refractivity contribution in [2.75, 3.05) is 6.54 Å². The molecule has 1 heterocycles. The third kappa shape index (κ3) is 25.7. The number of carboxylic acids is 5. The van der Waals surface area contributed by atoms with Crippen LogP contribution in [0.2, 0.25) is 0 Å². The highest BCUT2D eigenvalue weighted by atomic mass is 16.4. The Kier molecular flexibility index (Phi) is 23.6. The Labute approximate surface area is 236 Å². The Hall–Kier alpha value is -4.33. The molecule has 0 aromatic carbocycles. The van der Waals surface area contributed by atoms with Crippen LogP contribution in [0, 0.1) is 11.3 Å². The van der Waals surface area contributed by atoms with Gasteiger partial charge in [0.25, 0.3) is 0 Å². The number of nitrogens with two attached hydrogens (primary N) is 5. The number of guanidine groups is 1. The second-order valence-electron chi connectivity index (χ2n) is 8.43. The van der Waals surface area contributed by atoms with E-state index in [2.05, 4.69) is 15.3 Å². The number of rotatable bonds is 14. The lowest BCUT2D eigenvalue weighted by Gasteiger charge is -2.11. The standard InChI is InChI=1S/C6H14N4O2.C6H9N3O2.C6H13NO2.C4H7NO4/c7-4(5(11)12)2-1-3-10-6(8)9;7-5(6(10)11)1-4-2-8-3-9-4;1-3-4(2)5(7)6(8)9;5-2(4(8)9)1-3(6)7/h4H,1-3,7H2,(H,11,12)(H4,8,9,10);2-3,5H,1,7H2,(H,8,9)(H,10,11);4-5H,3,7H2,1-2H3,(H,8,9);2H,1,5H2,(H,6,7)(H,8,9)/t4-;5-;4-,5-;2-/m0000/s1. The van der Waals surface area contributed by atoms with E-state index in [0.29, 0.717) is 25.1 Å². The fourth-order valence-electron chi connectivity index (χ4n) is 2.16. The Morgan fingerprint density at radius 1 is 0.927 bits per heavy atom. The maximum atomic E-state index is 10.3. The van der Waals surface area contributed by atoms with Crippen molar-refractivity contribution >= 4 is 35.8 Å². The van der Waals surface area contributed by atoms with Gasteiger partial charge in [0.1, 0.15) is 24.2 Å². The summed E-state index contributed by atoms with van der Waals surface area (Å²) in [5.74, 6) is -5.46. The van der Waals surface area contributed by atoms with Gasteiger partial charge in [0.15, 0.2) is 5.96 Å². The summed E-state index contributed by atoms with van der Waals surface area (Å²) in [5.41, 5.74) is 26.2. The molecule has 18 N–H and O–H groups in total. The third-order valence-electron chi connectivity index (χ3n) is 4.88. The highest BCUT2D eigenvalue weighted by Crippen LogP contribution is 2.04. The molecule has 5 atom stereocenters. The lowest BCUT2D eigenvalue weighted by Crippen LogP contribution is -2.36. The molecule has 0 fully saturated rings. The highest BCUT2D eigenvalue weighted by molar-refractivity contribution is 5.80. The lowest BCUT2D eigenvalue weighted by atomic mass is 10.0. The number of carboxylic acid groups (broad SMARTS) is 5. The predicted octanol–water partition coefficient (Wildman–Crippen LogP) is -2.66. The van der Waals surface area contributed by atoms with Gasteiger partial charge in [0.05, 0.1) is 18.4 Å². The van der Waals surface area contributed by atoms with Crippen molar-refractivity contribution in [3.63, 3.8) is 0 Å². The van der Waals surface area contributed by atoms with Crippen molar-refractivity contribution in [1.82, 2.24) is 15.3 Å². The van der Waals surface area contributed by atoms with Crippen LogP contribution in [0.15, 0.2) is 12.5 Å². The molecule has 236 valence electrons. The zero-order valence-electron chi connectivity index (χ0n) is 22.9. The summed E-state index contributed by atoms with van der Waals surface area (Å²) >= 11 is 0. The normalized spacial score (nSPS) is 13.4. The van der Waals surface area contributed by atoms with E-state index in [1.165, 1.54) is 6.33 Å². The van der Waals surface area contributed by atoms with Gasteiger partial charge in [-0.3, -0.25) is 29.4 Å². The second kappa shape index (κ2) is 23.5. The van der Waals surface area contributed by atoms with E-state index >= 15 is 0 Å². The number of imidazole rings is 1. The van der Waals surface area contributed by atoms with Crippen molar-refractivity contribution in [1.29, 1.82) is 5.41 Å². The van der Waals surface area contributed by atoms with Crippen LogP contribution in [-0.2, 0) is 30.4 Å². The van der Waals surface area contributed by atoms with Crippen LogP contribution in [0.25, 0.3) is 0 Å². The minimum Gasteiger partial charge on any atom is -0.481 e. The maximum Gasteiger partial charge on any atom is 0.321 e. The number of aliphatic carboxylic acids is 5. The van der Waals surface area contributed by atoms with Crippen molar-refractivity contribution in [2.45, 2.75) is 70.1 Å². The molecule has 0 aliphatic heterocycles. The van der Waals surface area contributed by atoms with Crippen molar-refractivity contribution in [3.05, 3.63) is 18.2 Å². The molecule has 0 saturated heterocycles. The molecule has 1 aromatic rings. The fourth-order valence-corrected chi connectivity index (χ4v) is 2.16. The summed E-state index contributed by atoms with van der Waals surface area (Å²) < 4.78 is 0. The molecular formula is C22H43N9O10. The van der Waals surface area contributed by atoms with Crippen LogP contribution in [0.4, 0.5) is 0 Å². The first kappa shape index (κ1) is 41.2. The van der Waals surface area contributed by atoms with Gasteiger partial charge in [0, 0.05) is 19.2 Å². The molecule has 0 saturated carbocycles. The van der Waals surface area contributed by atoms with Gasteiger partial charge in [0.2, 0.25) is 0 Å². The quantitative estimate of drug-likeness (QED) is 0.0594. The second-order valence-corrected chi connectivity index (χ2v) is 8.43. The topological polar surface area (TPSA) is 381 Å². The lowest BCUT2D eigenvalue weighted by molar-refractivity contribution is -0.144. The number of aromatic nitrogens is 2. The Bertz CT molecular complexity index is 931. The predicted molar refractivity (Wildman–Crippen MR) is 146 cm³/mol. The number of hydrogen-bond donors (Lipinski definition) is 13. The summed E-state index contributed by atoms with van der Waals surface area (Å²) in [6.45, 7) is 4.24. The van der Waals surface area contributed by atoms with Crippen molar-refractivity contribution < 1.29 is 49.5 Å². The molecule has 0 amide bonds. The molecule has 0 aliphatic rings. The fraction of sp³-hybridized carbons (Fsp3) is 0.591. The maximum absolute atomic E-state index is 10.3. The molecule has 1 aromatic heterocycles. The van der Waals surface area contributed by atoms with E-state index < -0.39 is 60.4 Å². The Morgan fingerprint density at radius 2 is 1.44 bits per heavy atom. The van der Waals surface area contributed by atoms with Crippen LogP contribution < -0.4 is 34.0 Å². The first-order valence-electron chi connectivity index (χ1n) is 12.1. The van der Waals surface area contributed by atoms with E-state index in [0.717, 1.165) is 6.42 Å². The first-order valence-corrected chi connectivity index (χ1v) is 12.1. The summed E-state index contributed by atoms with van der Waals surface area (Å²) in [5, 5.41) is 50.5. The van der Waals surface area contributed by atoms with E-state index in [1.807, 2.05) is 13.8 Å². The number of aromatic amines is 1. The third-order valence-corrected chi connectivity index (χ3v) is 4.88. The average Bonchev–Trinajstić information content (AvgIpc) is 3.39. The molecule has 0 unspecified atom stereocenters. The Morgan fingerprint density at radius 3 is 1.73 bits per heavy atom. The molecule has 19 heteroatoms. The summed E-state index contributed by atoms with van der Waals surface area (Å²) in [6, 6.07) is -3.67. The van der Waals surface area contributed by atoms with Crippen LogP contribution in [0.5, 0.6) is 0 Å². The van der Waals surface area contributed by atoms with E-state index in [-0.39, 0.29) is 18.3 Å². The molecule has 41 heavy (non-hydrogen) atoms. The highest BCUT2D eigenvalue weighted by Gasteiger charge is 2.17. The largest absolute Gasteiger partial charge is 0.481 e. The van der Waals surface area contributed by atoms with Gasteiger partial charge in [-0.05, 0) is 18.8 Å². The van der Waals surface area contributed by atoms with Crippen molar-refractivity contribution in [2.24, 2.45) is 34.6 Å². The molecular weight excluding hydrogens is 550 g/mol. The SMILES string of the molecule is CC[C@H](C)[C@H](N)C(=O)O.N=C(N)NCCC[C@H](N)C(=O)O.N[C@@H](CC(=O)O)C(=O)O.N[C@@H](Cc1c[nH]cn1)C(=O)O. The van der Waals surface area contributed by atoms with Gasteiger partial charge in [-0.15, -0.1) is 0 Å². The van der Waals surface area contributed by atoms with Gasteiger partial charge < -0.3 is 64.5 Å². The van der Waals surface area contributed by atoms with Crippen LogP contribution in [0.3, 0.4) is 0 Å².